The first-order valence-corrected chi connectivity index (χ1v) is 11.5. The molecule has 0 aliphatic carbocycles. The molecule has 1 aliphatic heterocycles. The first kappa shape index (κ1) is 34.5. The van der Waals surface area contributed by atoms with Crippen molar-refractivity contribution in [2.75, 3.05) is 21.3 Å². The summed E-state index contributed by atoms with van der Waals surface area (Å²) in [6.45, 7) is 21.9. The minimum atomic E-state index is -0.420. The molecule has 1 saturated heterocycles. The SMILES string of the molecule is CC.CC.CC/C=C(B1OC(C)(C)C(C)(C)O1)\C(=C/CC)C(OC)OC.CNC(C)=O. The highest BCUT2D eigenvalue weighted by atomic mass is 16.7. The molecule has 1 fully saturated rings. The summed E-state index contributed by atoms with van der Waals surface area (Å²) in [5.74, 6) is 0.00463. The number of carbonyl (C=O) groups is 1. The van der Waals surface area contributed by atoms with Crippen molar-refractivity contribution in [3.8, 4) is 0 Å². The fourth-order valence-corrected chi connectivity index (χ4v) is 2.46. The maximum Gasteiger partial charge on any atom is 0.494 e. The van der Waals surface area contributed by atoms with Crippen LogP contribution in [-0.2, 0) is 23.6 Å². The molecule has 0 aromatic rings. The Morgan fingerprint density at radius 1 is 0.935 bits per heavy atom. The van der Waals surface area contributed by atoms with Gasteiger partial charge >= 0.3 is 7.12 Å². The summed E-state index contributed by atoms with van der Waals surface area (Å²) < 4.78 is 23.3. The van der Waals surface area contributed by atoms with Gasteiger partial charge in [-0.3, -0.25) is 4.79 Å². The fourth-order valence-electron chi connectivity index (χ4n) is 2.46. The van der Waals surface area contributed by atoms with Crippen LogP contribution in [0, 0.1) is 0 Å². The van der Waals surface area contributed by atoms with E-state index < -0.39 is 13.4 Å². The van der Waals surface area contributed by atoms with E-state index in [1.54, 1.807) is 21.3 Å². The van der Waals surface area contributed by atoms with Crippen molar-refractivity contribution in [3.63, 3.8) is 0 Å². The first-order valence-electron chi connectivity index (χ1n) is 11.5. The smallest absolute Gasteiger partial charge is 0.399 e. The van der Waals surface area contributed by atoms with Crippen LogP contribution in [-0.4, -0.2) is 51.8 Å². The highest BCUT2D eigenvalue weighted by Crippen LogP contribution is 2.40. The second kappa shape index (κ2) is 18.4. The molecule has 0 atom stereocenters. The topological polar surface area (TPSA) is 66.0 Å². The monoisotopic (exact) mass is 443 g/mol. The minimum absolute atomic E-state index is 0.00463. The normalized spacial score (nSPS) is 16.9. The fraction of sp³-hybridized carbons (Fsp3) is 0.792. The van der Waals surface area contributed by atoms with Crippen molar-refractivity contribution in [2.24, 2.45) is 0 Å². The number of rotatable bonds is 7. The molecular weight excluding hydrogens is 393 g/mol. The molecule has 0 spiro atoms. The van der Waals surface area contributed by atoms with E-state index in [0.717, 1.165) is 23.9 Å². The highest BCUT2D eigenvalue weighted by molar-refractivity contribution is 6.56. The van der Waals surface area contributed by atoms with E-state index in [2.05, 4.69) is 59.0 Å². The molecule has 0 aromatic carbocycles. The summed E-state index contributed by atoms with van der Waals surface area (Å²) in [6.07, 6.45) is 5.61. The third-order valence-electron chi connectivity index (χ3n) is 4.72. The lowest BCUT2D eigenvalue weighted by Gasteiger charge is -2.32. The minimum Gasteiger partial charge on any atom is -0.399 e. The average molecular weight is 443 g/mol. The average Bonchev–Trinajstić information content (AvgIpc) is 2.96. The van der Waals surface area contributed by atoms with Gasteiger partial charge in [0.05, 0.1) is 11.2 Å². The van der Waals surface area contributed by atoms with Crippen LogP contribution in [0.25, 0.3) is 0 Å². The van der Waals surface area contributed by atoms with Gasteiger partial charge in [0.25, 0.3) is 0 Å². The lowest BCUT2D eigenvalue weighted by molar-refractivity contribution is -0.118. The lowest BCUT2D eigenvalue weighted by atomic mass is 9.72. The maximum atomic E-state index is 9.70. The van der Waals surface area contributed by atoms with E-state index in [0.29, 0.717) is 0 Å². The Morgan fingerprint density at radius 2 is 1.29 bits per heavy atom. The lowest BCUT2D eigenvalue weighted by Crippen LogP contribution is -2.41. The van der Waals surface area contributed by atoms with Gasteiger partial charge in [-0.15, -0.1) is 0 Å². The van der Waals surface area contributed by atoms with Crippen molar-refractivity contribution in [2.45, 2.75) is 106 Å². The molecule has 0 radical (unpaired) electrons. The van der Waals surface area contributed by atoms with E-state index in [9.17, 15) is 4.79 Å². The molecule has 31 heavy (non-hydrogen) atoms. The number of nitrogens with one attached hydrogen (secondary N) is 1. The van der Waals surface area contributed by atoms with Crippen LogP contribution in [0.2, 0.25) is 0 Å². The van der Waals surface area contributed by atoms with Crippen LogP contribution in [0.15, 0.2) is 23.2 Å². The van der Waals surface area contributed by atoms with Crippen molar-refractivity contribution in [1.82, 2.24) is 5.32 Å². The molecule has 7 heteroatoms. The van der Waals surface area contributed by atoms with Crippen molar-refractivity contribution in [3.05, 3.63) is 23.2 Å². The zero-order valence-corrected chi connectivity index (χ0v) is 22.8. The molecule has 184 valence electrons. The maximum absolute atomic E-state index is 9.70. The first-order chi connectivity index (χ1) is 14.5. The van der Waals surface area contributed by atoms with Crippen LogP contribution in [0.1, 0.15) is 89.0 Å². The summed E-state index contributed by atoms with van der Waals surface area (Å²) >= 11 is 0. The van der Waals surface area contributed by atoms with Gasteiger partial charge in [0.1, 0.15) is 0 Å². The van der Waals surface area contributed by atoms with Crippen LogP contribution in [0.5, 0.6) is 0 Å². The number of amides is 1. The van der Waals surface area contributed by atoms with Gasteiger partial charge in [0, 0.05) is 33.8 Å². The van der Waals surface area contributed by atoms with Crippen molar-refractivity contribution in [1.29, 1.82) is 0 Å². The summed E-state index contributed by atoms with van der Waals surface area (Å²) in [6, 6.07) is 0. The Bertz CT molecular complexity index is 510. The number of hydrogen-bond donors (Lipinski definition) is 1. The van der Waals surface area contributed by atoms with Gasteiger partial charge in [-0.1, -0.05) is 53.7 Å². The van der Waals surface area contributed by atoms with Crippen molar-refractivity contribution < 1.29 is 23.6 Å². The number of hydrogen-bond acceptors (Lipinski definition) is 5. The zero-order chi connectivity index (χ0) is 25.3. The van der Waals surface area contributed by atoms with E-state index in [4.69, 9.17) is 18.8 Å². The van der Waals surface area contributed by atoms with Gasteiger partial charge in [-0.05, 0) is 46.0 Å². The second-order valence-electron chi connectivity index (χ2n) is 7.33. The van der Waals surface area contributed by atoms with Crippen molar-refractivity contribution >= 4 is 13.0 Å². The van der Waals surface area contributed by atoms with Crippen LogP contribution in [0.4, 0.5) is 0 Å². The predicted molar refractivity (Wildman–Crippen MR) is 133 cm³/mol. The summed E-state index contributed by atoms with van der Waals surface area (Å²) in [4.78, 5) is 9.70. The summed E-state index contributed by atoms with van der Waals surface area (Å²) in [5.41, 5.74) is 1.25. The summed E-state index contributed by atoms with van der Waals surface area (Å²) in [5, 5.41) is 2.39. The van der Waals surface area contributed by atoms with E-state index in [-0.39, 0.29) is 17.1 Å². The molecule has 0 bridgehead atoms. The van der Waals surface area contributed by atoms with Crippen LogP contribution < -0.4 is 5.32 Å². The van der Waals surface area contributed by atoms with Gasteiger partial charge in [0.15, 0.2) is 6.29 Å². The predicted octanol–water partition coefficient (Wildman–Crippen LogP) is 5.71. The Hall–Kier alpha value is -1.15. The van der Waals surface area contributed by atoms with Gasteiger partial charge in [-0.2, -0.15) is 0 Å². The Morgan fingerprint density at radius 3 is 1.55 bits per heavy atom. The molecule has 1 N–H and O–H groups in total. The summed E-state index contributed by atoms with van der Waals surface area (Å²) in [7, 11) is 4.48. The third kappa shape index (κ3) is 11.9. The van der Waals surface area contributed by atoms with Gasteiger partial charge < -0.3 is 24.1 Å². The van der Waals surface area contributed by atoms with Gasteiger partial charge in [-0.25, -0.2) is 0 Å². The van der Waals surface area contributed by atoms with Gasteiger partial charge in [0.2, 0.25) is 5.91 Å². The Balaban J connectivity index is -0.000000747. The molecule has 6 nitrogen and oxygen atoms in total. The second-order valence-corrected chi connectivity index (χ2v) is 7.33. The quantitative estimate of drug-likeness (QED) is 0.310. The number of carbonyl (C=O) groups excluding carboxylic acids is 1. The molecular formula is C24H50BNO5. The van der Waals surface area contributed by atoms with E-state index >= 15 is 0 Å². The molecule has 1 heterocycles. The van der Waals surface area contributed by atoms with E-state index in [1.165, 1.54) is 6.92 Å². The number of allylic oxidation sites excluding steroid dienone is 2. The van der Waals surface area contributed by atoms with Crippen LogP contribution in [0.3, 0.4) is 0 Å². The highest BCUT2D eigenvalue weighted by Gasteiger charge is 2.53. The third-order valence-corrected chi connectivity index (χ3v) is 4.72. The number of ether oxygens (including phenoxy) is 2. The van der Waals surface area contributed by atoms with E-state index in [1.807, 2.05) is 27.7 Å². The molecule has 1 amide bonds. The standard InChI is InChI=1S/C17H31BO4.C3H7NO.2C2H6/c1-9-11-13(15(19-7)20-8)14(12-10-2)18-21-16(3,4)17(5,6)22-18;1-3(5)4-2;2*1-2/h11-12,15H,9-10H2,1-8H3;1-2H3,(H,4,5);2*1-2H3/b13-11+,14-12+;;;. The van der Waals surface area contributed by atoms with Crippen LogP contribution >= 0.6 is 0 Å². The zero-order valence-electron chi connectivity index (χ0n) is 22.8. The number of methoxy groups -OCH3 is 2. The molecule has 1 rings (SSSR count). The molecule has 1 aliphatic rings. The Kier molecular flexibility index (Phi) is 20.5. The molecule has 0 aromatic heterocycles. The molecule has 0 unspecified atom stereocenters. The molecule has 0 saturated carbocycles. The largest absolute Gasteiger partial charge is 0.494 e. The Labute approximate surface area is 193 Å².